The van der Waals surface area contributed by atoms with E-state index >= 15 is 0 Å². The molecule has 1 aromatic rings. The van der Waals surface area contributed by atoms with Crippen LogP contribution in [0.15, 0.2) is 0 Å². The molecule has 0 bridgehead atoms. The van der Waals surface area contributed by atoms with Crippen molar-refractivity contribution >= 4 is 6.09 Å². The largest absolute Gasteiger partial charge is 0.444 e. The Morgan fingerprint density at radius 3 is 2.62 bits per heavy atom. The van der Waals surface area contributed by atoms with Gasteiger partial charge in [0.05, 0.1) is 18.8 Å². The van der Waals surface area contributed by atoms with Gasteiger partial charge in [-0.2, -0.15) is 10.4 Å². The fourth-order valence-corrected chi connectivity index (χ4v) is 2.35. The van der Waals surface area contributed by atoms with Crippen LogP contribution in [0.4, 0.5) is 4.79 Å². The summed E-state index contributed by atoms with van der Waals surface area (Å²) in [5.41, 5.74) is 1.69. The summed E-state index contributed by atoms with van der Waals surface area (Å²) in [4.78, 5) is 13.8. The molecule has 0 radical (unpaired) electrons. The van der Waals surface area contributed by atoms with Crippen LogP contribution >= 0.6 is 0 Å². The molecular weight excluding hydrogens is 268 g/mol. The maximum atomic E-state index is 12.2. The van der Waals surface area contributed by atoms with Gasteiger partial charge in [0.2, 0.25) is 0 Å². The third-order valence-electron chi connectivity index (χ3n) is 3.15. The van der Waals surface area contributed by atoms with Crippen molar-refractivity contribution in [1.82, 2.24) is 14.7 Å². The highest BCUT2D eigenvalue weighted by Crippen LogP contribution is 2.27. The predicted octanol–water partition coefficient (Wildman–Crippen LogP) is 2.66. The Morgan fingerprint density at radius 2 is 2.10 bits per heavy atom. The van der Waals surface area contributed by atoms with Crippen molar-refractivity contribution in [3.05, 3.63) is 17.0 Å². The molecule has 1 aliphatic rings. The lowest BCUT2D eigenvalue weighted by Crippen LogP contribution is -2.34. The van der Waals surface area contributed by atoms with E-state index in [9.17, 15) is 10.1 Å². The van der Waals surface area contributed by atoms with Gasteiger partial charge in [-0.15, -0.1) is 0 Å². The fraction of sp³-hybridized carbons (Fsp3) is 0.667. The van der Waals surface area contributed by atoms with Crippen LogP contribution in [0.25, 0.3) is 0 Å². The van der Waals surface area contributed by atoms with Crippen LogP contribution in [0.2, 0.25) is 0 Å². The summed E-state index contributed by atoms with van der Waals surface area (Å²) in [5, 5.41) is 13.5. The molecule has 21 heavy (non-hydrogen) atoms. The van der Waals surface area contributed by atoms with E-state index in [1.165, 1.54) is 0 Å². The number of nitriles is 1. The normalized spacial score (nSPS) is 14.2. The van der Waals surface area contributed by atoms with E-state index in [1.807, 2.05) is 25.5 Å². The summed E-state index contributed by atoms with van der Waals surface area (Å²) in [6.07, 6.45) is -0.348. The number of rotatable bonds is 2. The van der Waals surface area contributed by atoms with E-state index < -0.39 is 5.60 Å². The van der Waals surface area contributed by atoms with Crippen molar-refractivity contribution in [2.75, 3.05) is 0 Å². The molecule has 0 aromatic carbocycles. The Morgan fingerprint density at radius 1 is 1.43 bits per heavy atom. The van der Waals surface area contributed by atoms with E-state index in [0.29, 0.717) is 24.7 Å². The summed E-state index contributed by atoms with van der Waals surface area (Å²) < 4.78 is 7.24. The van der Waals surface area contributed by atoms with Crippen molar-refractivity contribution in [1.29, 1.82) is 5.26 Å². The lowest BCUT2D eigenvalue weighted by Gasteiger charge is -2.24. The molecule has 0 atom stereocenters. The fourth-order valence-electron chi connectivity index (χ4n) is 2.35. The first-order valence-electron chi connectivity index (χ1n) is 7.18. The second-order valence-electron chi connectivity index (χ2n) is 6.80. The maximum absolute atomic E-state index is 12.2. The van der Waals surface area contributed by atoms with Crippen molar-refractivity contribution in [3.63, 3.8) is 0 Å². The highest BCUT2D eigenvalue weighted by molar-refractivity contribution is 5.69. The Kier molecular flexibility index (Phi) is 3.95. The smallest absolute Gasteiger partial charge is 0.410 e. The summed E-state index contributed by atoms with van der Waals surface area (Å²) in [7, 11) is 0. The zero-order valence-electron chi connectivity index (χ0n) is 13.3. The summed E-state index contributed by atoms with van der Waals surface area (Å²) in [6, 6.07) is 2.12. The Balaban J connectivity index is 2.20. The highest BCUT2D eigenvalue weighted by atomic mass is 16.6. The molecule has 0 saturated heterocycles. The summed E-state index contributed by atoms with van der Waals surface area (Å²) in [6.45, 7) is 11.3. The van der Waals surface area contributed by atoms with E-state index in [0.717, 1.165) is 17.8 Å². The highest BCUT2D eigenvalue weighted by Gasteiger charge is 2.33. The van der Waals surface area contributed by atoms with Crippen molar-refractivity contribution in [3.8, 4) is 6.07 Å². The third kappa shape index (κ3) is 3.35. The van der Waals surface area contributed by atoms with Crippen molar-refractivity contribution in [2.45, 2.75) is 59.9 Å². The first-order chi connectivity index (χ1) is 9.71. The van der Waals surface area contributed by atoms with Crippen molar-refractivity contribution < 1.29 is 9.53 Å². The van der Waals surface area contributed by atoms with Crippen LogP contribution in [-0.2, 0) is 24.4 Å². The van der Waals surface area contributed by atoms with Gasteiger partial charge in [-0.05, 0) is 26.7 Å². The molecule has 1 aromatic heterocycles. The number of hydrogen-bond acceptors (Lipinski definition) is 4. The van der Waals surface area contributed by atoms with Crippen LogP contribution in [-0.4, -0.2) is 26.4 Å². The number of carbonyl (C=O) groups is 1. The molecule has 0 saturated carbocycles. The van der Waals surface area contributed by atoms with E-state index in [4.69, 9.17) is 4.74 Å². The minimum Gasteiger partial charge on any atom is -0.444 e. The molecule has 2 rings (SSSR count). The lowest BCUT2D eigenvalue weighted by molar-refractivity contribution is 0.0238. The molecule has 6 heteroatoms. The van der Waals surface area contributed by atoms with Crippen LogP contribution in [0.5, 0.6) is 0 Å². The number of amides is 1. The molecule has 0 spiro atoms. The van der Waals surface area contributed by atoms with Gasteiger partial charge in [0.1, 0.15) is 11.7 Å². The zero-order chi connectivity index (χ0) is 15.8. The Hall–Kier alpha value is -2.03. The average Bonchev–Trinajstić information content (AvgIpc) is 2.87. The minimum absolute atomic E-state index is 0.348. The first kappa shape index (κ1) is 15.4. The molecule has 0 fully saturated rings. The molecule has 0 aliphatic carbocycles. The van der Waals surface area contributed by atoms with Gasteiger partial charge in [-0.25, -0.2) is 4.79 Å². The molecule has 0 unspecified atom stereocenters. The van der Waals surface area contributed by atoms with Crippen LogP contribution in [0, 0.1) is 17.2 Å². The second kappa shape index (κ2) is 5.40. The van der Waals surface area contributed by atoms with E-state index in [2.05, 4.69) is 25.0 Å². The number of carbonyl (C=O) groups excluding carboxylic acids is 1. The zero-order valence-corrected chi connectivity index (χ0v) is 13.3. The molecule has 1 aliphatic heterocycles. The molecule has 1 amide bonds. The van der Waals surface area contributed by atoms with E-state index in [-0.39, 0.29) is 6.09 Å². The van der Waals surface area contributed by atoms with Gasteiger partial charge < -0.3 is 4.74 Å². The standard InChI is InChI=1S/C15H22N4O2/c1-10(2)7-19-13-9-18(14(20)21-15(3,4)5)8-11(13)12(6-16)17-19/h10H,7-9H2,1-5H3. The van der Waals surface area contributed by atoms with Crippen LogP contribution < -0.4 is 0 Å². The quantitative estimate of drug-likeness (QED) is 0.839. The molecular formula is C15H22N4O2. The Bertz CT molecular complexity index is 590. The van der Waals surface area contributed by atoms with Crippen molar-refractivity contribution in [2.24, 2.45) is 5.92 Å². The van der Waals surface area contributed by atoms with Gasteiger partial charge in [0, 0.05) is 12.1 Å². The third-order valence-corrected chi connectivity index (χ3v) is 3.15. The predicted molar refractivity (Wildman–Crippen MR) is 77.3 cm³/mol. The molecule has 114 valence electrons. The SMILES string of the molecule is CC(C)Cn1nc(C#N)c2c1CN(C(=O)OC(C)(C)C)C2. The van der Waals surface area contributed by atoms with E-state index in [1.54, 1.807) is 4.90 Å². The summed E-state index contributed by atoms with van der Waals surface area (Å²) >= 11 is 0. The molecule has 0 N–H and O–H groups in total. The number of aromatic nitrogens is 2. The topological polar surface area (TPSA) is 71.2 Å². The van der Waals surface area contributed by atoms with Gasteiger partial charge in [0.25, 0.3) is 0 Å². The number of ether oxygens (including phenoxy) is 1. The maximum Gasteiger partial charge on any atom is 0.410 e. The summed E-state index contributed by atoms with van der Waals surface area (Å²) in [5.74, 6) is 0.427. The average molecular weight is 290 g/mol. The number of hydrogen-bond donors (Lipinski definition) is 0. The Labute approximate surface area is 125 Å². The van der Waals surface area contributed by atoms with Gasteiger partial charge in [-0.1, -0.05) is 13.8 Å². The monoisotopic (exact) mass is 290 g/mol. The van der Waals surface area contributed by atoms with Crippen LogP contribution in [0.3, 0.4) is 0 Å². The number of fused-ring (bicyclic) bond motifs is 1. The van der Waals surface area contributed by atoms with Gasteiger partial charge >= 0.3 is 6.09 Å². The molecule has 6 nitrogen and oxygen atoms in total. The minimum atomic E-state index is -0.520. The lowest BCUT2D eigenvalue weighted by atomic mass is 10.2. The van der Waals surface area contributed by atoms with Gasteiger partial charge in [0.15, 0.2) is 5.69 Å². The first-order valence-corrected chi connectivity index (χ1v) is 7.18. The second-order valence-corrected chi connectivity index (χ2v) is 6.80. The van der Waals surface area contributed by atoms with Gasteiger partial charge in [-0.3, -0.25) is 9.58 Å². The molecule has 2 heterocycles. The number of nitrogens with zero attached hydrogens (tertiary/aromatic N) is 4. The van der Waals surface area contributed by atoms with Crippen LogP contribution in [0.1, 0.15) is 51.6 Å².